The number of hydrogen-bond donors (Lipinski definition) is 3. The van der Waals surface area contributed by atoms with Crippen LogP contribution in [0, 0.1) is 6.92 Å². The van der Waals surface area contributed by atoms with Crippen LogP contribution in [0.1, 0.15) is 42.1 Å². The highest BCUT2D eigenvalue weighted by Gasteiger charge is 2.12. The summed E-state index contributed by atoms with van der Waals surface area (Å²) < 4.78 is 22.5. The van der Waals surface area contributed by atoms with Crippen LogP contribution in [0.15, 0.2) is 35.2 Å². The number of rotatable bonds is 8. The SMILES string of the molecule is CCC(C)Nc1cc(C(=O)NCCc2ccc(S(N)(=O)=O)cc2)nc(C)n1. The molecule has 0 saturated carbocycles. The largest absolute Gasteiger partial charge is 0.368 e. The topological polar surface area (TPSA) is 127 Å². The summed E-state index contributed by atoms with van der Waals surface area (Å²) in [6.45, 7) is 6.24. The number of nitrogens with two attached hydrogens (primary N) is 1. The van der Waals surface area contributed by atoms with E-state index in [4.69, 9.17) is 5.14 Å². The molecule has 0 saturated heterocycles. The lowest BCUT2D eigenvalue weighted by Gasteiger charge is -2.13. The molecule has 1 atom stereocenters. The van der Waals surface area contributed by atoms with Gasteiger partial charge in [-0.05, 0) is 44.4 Å². The van der Waals surface area contributed by atoms with Crippen molar-refractivity contribution >= 4 is 21.7 Å². The summed E-state index contributed by atoms with van der Waals surface area (Å²) in [7, 11) is -3.70. The number of aryl methyl sites for hydroxylation is 1. The Hall–Kier alpha value is -2.52. The molecule has 2 aromatic rings. The highest BCUT2D eigenvalue weighted by molar-refractivity contribution is 7.89. The number of carbonyl (C=O) groups is 1. The second-order valence-corrected chi connectivity index (χ2v) is 7.90. The quantitative estimate of drug-likeness (QED) is 0.627. The number of carbonyl (C=O) groups excluding carboxylic acids is 1. The minimum absolute atomic E-state index is 0.0630. The first-order chi connectivity index (χ1) is 12.7. The maximum absolute atomic E-state index is 12.4. The Kier molecular flexibility index (Phi) is 6.86. The number of anilines is 1. The molecule has 9 heteroatoms. The van der Waals surface area contributed by atoms with Crippen LogP contribution >= 0.6 is 0 Å². The number of nitrogens with one attached hydrogen (secondary N) is 2. The Balaban J connectivity index is 1.95. The van der Waals surface area contributed by atoms with Crippen molar-refractivity contribution in [3.05, 3.63) is 47.4 Å². The number of sulfonamides is 1. The predicted molar refractivity (Wildman–Crippen MR) is 104 cm³/mol. The Bertz CT molecular complexity index is 898. The third-order valence-corrected chi connectivity index (χ3v) is 4.96. The minimum atomic E-state index is -3.70. The zero-order valence-electron chi connectivity index (χ0n) is 15.7. The molecular weight excluding hydrogens is 366 g/mol. The van der Waals surface area contributed by atoms with E-state index in [0.717, 1.165) is 12.0 Å². The van der Waals surface area contributed by atoms with Gasteiger partial charge in [-0.1, -0.05) is 19.1 Å². The van der Waals surface area contributed by atoms with E-state index in [9.17, 15) is 13.2 Å². The fraction of sp³-hybridized carbons (Fsp3) is 0.389. The van der Waals surface area contributed by atoms with Gasteiger partial charge >= 0.3 is 0 Å². The molecule has 0 spiro atoms. The van der Waals surface area contributed by atoms with Crippen molar-refractivity contribution in [2.45, 2.75) is 44.6 Å². The lowest BCUT2D eigenvalue weighted by atomic mass is 10.1. The van der Waals surface area contributed by atoms with Gasteiger partial charge in [0.15, 0.2) is 0 Å². The van der Waals surface area contributed by atoms with E-state index < -0.39 is 10.0 Å². The smallest absolute Gasteiger partial charge is 0.270 e. The predicted octanol–water partition coefficient (Wildman–Crippen LogP) is 1.62. The van der Waals surface area contributed by atoms with Crippen molar-refractivity contribution in [1.82, 2.24) is 15.3 Å². The molecule has 1 heterocycles. The van der Waals surface area contributed by atoms with Crippen LogP contribution in [0.2, 0.25) is 0 Å². The average Bonchev–Trinajstić information content (AvgIpc) is 2.60. The molecule has 1 aromatic heterocycles. The number of benzene rings is 1. The van der Waals surface area contributed by atoms with Gasteiger partial charge in [0, 0.05) is 18.7 Å². The van der Waals surface area contributed by atoms with Crippen molar-refractivity contribution in [1.29, 1.82) is 0 Å². The van der Waals surface area contributed by atoms with Crippen LogP contribution in [-0.2, 0) is 16.4 Å². The molecule has 1 amide bonds. The molecule has 4 N–H and O–H groups in total. The Morgan fingerprint density at radius 2 is 1.89 bits per heavy atom. The fourth-order valence-corrected chi connectivity index (χ4v) is 2.88. The normalized spacial score (nSPS) is 12.4. The van der Waals surface area contributed by atoms with Crippen molar-refractivity contribution in [3.63, 3.8) is 0 Å². The number of amides is 1. The van der Waals surface area contributed by atoms with Crippen LogP contribution in [0.5, 0.6) is 0 Å². The van der Waals surface area contributed by atoms with E-state index in [2.05, 4.69) is 27.5 Å². The second kappa shape index (κ2) is 8.92. The van der Waals surface area contributed by atoms with Crippen molar-refractivity contribution in [3.8, 4) is 0 Å². The molecule has 0 aliphatic carbocycles. The Morgan fingerprint density at radius 3 is 2.48 bits per heavy atom. The summed E-state index contributed by atoms with van der Waals surface area (Å²) in [5.41, 5.74) is 1.19. The Labute approximate surface area is 159 Å². The summed E-state index contributed by atoms with van der Waals surface area (Å²) >= 11 is 0. The average molecular weight is 391 g/mol. The van der Waals surface area contributed by atoms with E-state index >= 15 is 0 Å². The highest BCUT2D eigenvalue weighted by Crippen LogP contribution is 2.11. The molecule has 1 aromatic carbocycles. The summed E-state index contributed by atoms with van der Waals surface area (Å²) in [4.78, 5) is 20.9. The van der Waals surface area contributed by atoms with Crippen LogP contribution in [0.3, 0.4) is 0 Å². The number of nitrogens with zero attached hydrogens (tertiary/aromatic N) is 2. The van der Waals surface area contributed by atoms with Crippen LogP contribution in [-0.4, -0.2) is 36.9 Å². The summed E-state index contributed by atoms with van der Waals surface area (Å²) in [5.74, 6) is 0.862. The van der Waals surface area contributed by atoms with Gasteiger partial charge in [-0.3, -0.25) is 4.79 Å². The zero-order valence-corrected chi connectivity index (χ0v) is 16.5. The number of aromatic nitrogens is 2. The molecule has 0 fully saturated rings. The van der Waals surface area contributed by atoms with E-state index in [1.807, 2.05) is 6.92 Å². The molecule has 8 nitrogen and oxygen atoms in total. The first-order valence-corrected chi connectivity index (χ1v) is 10.3. The van der Waals surface area contributed by atoms with Crippen molar-refractivity contribution in [2.24, 2.45) is 5.14 Å². The van der Waals surface area contributed by atoms with E-state index in [0.29, 0.717) is 30.3 Å². The van der Waals surface area contributed by atoms with Gasteiger partial charge in [0.1, 0.15) is 17.3 Å². The van der Waals surface area contributed by atoms with Crippen molar-refractivity contribution in [2.75, 3.05) is 11.9 Å². The molecule has 146 valence electrons. The minimum Gasteiger partial charge on any atom is -0.368 e. The van der Waals surface area contributed by atoms with Crippen LogP contribution < -0.4 is 15.8 Å². The molecular formula is C18H25N5O3S. The van der Waals surface area contributed by atoms with Gasteiger partial charge in [0.2, 0.25) is 10.0 Å². The molecule has 27 heavy (non-hydrogen) atoms. The number of hydrogen-bond acceptors (Lipinski definition) is 6. The van der Waals surface area contributed by atoms with Gasteiger partial charge in [-0.2, -0.15) is 0 Å². The van der Waals surface area contributed by atoms with Crippen LogP contribution in [0.4, 0.5) is 5.82 Å². The standard InChI is InChI=1S/C18H25N5O3S/c1-4-12(2)21-17-11-16(22-13(3)23-17)18(24)20-10-9-14-5-7-15(8-6-14)27(19,25)26/h5-8,11-12H,4,9-10H2,1-3H3,(H,20,24)(H2,19,25,26)(H,21,22,23). The summed E-state index contributed by atoms with van der Waals surface area (Å²) in [5, 5.41) is 11.1. The van der Waals surface area contributed by atoms with E-state index in [1.165, 1.54) is 12.1 Å². The lowest BCUT2D eigenvalue weighted by molar-refractivity contribution is 0.0948. The summed E-state index contributed by atoms with van der Waals surface area (Å²) in [6, 6.07) is 8.13. The Morgan fingerprint density at radius 1 is 1.22 bits per heavy atom. The highest BCUT2D eigenvalue weighted by atomic mass is 32.2. The monoisotopic (exact) mass is 391 g/mol. The van der Waals surface area contributed by atoms with Gasteiger partial charge in [-0.25, -0.2) is 23.5 Å². The van der Waals surface area contributed by atoms with E-state index in [1.54, 1.807) is 25.1 Å². The second-order valence-electron chi connectivity index (χ2n) is 6.33. The lowest BCUT2D eigenvalue weighted by Crippen LogP contribution is -2.27. The molecule has 0 bridgehead atoms. The molecule has 2 rings (SSSR count). The fourth-order valence-electron chi connectivity index (χ4n) is 2.37. The molecule has 0 aliphatic heterocycles. The maximum Gasteiger partial charge on any atom is 0.270 e. The van der Waals surface area contributed by atoms with Crippen molar-refractivity contribution < 1.29 is 13.2 Å². The third kappa shape index (κ3) is 6.30. The third-order valence-electron chi connectivity index (χ3n) is 4.03. The van der Waals surface area contributed by atoms with Crippen LogP contribution in [0.25, 0.3) is 0 Å². The zero-order chi connectivity index (χ0) is 20.0. The first kappa shape index (κ1) is 20.8. The van der Waals surface area contributed by atoms with Gasteiger partial charge in [0.05, 0.1) is 4.90 Å². The number of primary sulfonamides is 1. The summed E-state index contributed by atoms with van der Waals surface area (Å²) in [6.07, 6.45) is 1.49. The maximum atomic E-state index is 12.4. The molecule has 0 aliphatic rings. The van der Waals surface area contributed by atoms with Gasteiger partial charge < -0.3 is 10.6 Å². The van der Waals surface area contributed by atoms with Gasteiger partial charge in [-0.15, -0.1) is 0 Å². The molecule has 1 unspecified atom stereocenters. The first-order valence-electron chi connectivity index (χ1n) is 8.71. The van der Waals surface area contributed by atoms with E-state index in [-0.39, 0.29) is 16.8 Å². The van der Waals surface area contributed by atoms with Gasteiger partial charge in [0.25, 0.3) is 5.91 Å². The molecule has 0 radical (unpaired) electrons.